The van der Waals surface area contributed by atoms with Crippen molar-refractivity contribution >= 4 is 28.6 Å². The van der Waals surface area contributed by atoms with Crippen molar-refractivity contribution in [3.63, 3.8) is 0 Å². The van der Waals surface area contributed by atoms with Gasteiger partial charge in [-0.25, -0.2) is 13.8 Å². The van der Waals surface area contributed by atoms with Gasteiger partial charge in [0.05, 0.1) is 30.4 Å². The summed E-state index contributed by atoms with van der Waals surface area (Å²) in [5, 5.41) is 3.47. The molecule has 2 aliphatic heterocycles. The third kappa shape index (κ3) is 5.35. The van der Waals surface area contributed by atoms with Gasteiger partial charge in [0.15, 0.2) is 5.82 Å². The molecule has 0 bridgehead atoms. The molecular weight excluding hydrogens is 494 g/mol. The zero-order chi connectivity index (χ0) is 26.1. The standard InChI is InChI=1S/C27H32F2N6O3/c28-25(29)26-31-21-5-1-2-6-22(21)35(26)24-16-23(32-27(33-24)34-7-10-37-11-8-34)30-18-12-17(13-18)14-19(36)15-20-4-3-9-38-20/h1-2,5-6,16-18,20,25H,3-4,7-15H2,(H,30,32,33). The van der Waals surface area contributed by atoms with E-state index in [4.69, 9.17) is 19.4 Å². The zero-order valence-corrected chi connectivity index (χ0v) is 21.2. The molecule has 1 aliphatic carbocycles. The normalized spacial score (nSPS) is 23.7. The van der Waals surface area contributed by atoms with Crippen LogP contribution in [-0.2, 0) is 14.3 Å². The van der Waals surface area contributed by atoms with Crippen LogP contribution in [0.1, 0.15) is 50.8 Å². The van der Waals surface area contributed by atoms with Crippen molar-refractivity contribution in [1.29, 1.82) is 0 Å². The topological polar surface area (TPSA) is 94.4 Å². The number of anilines is 2. The first-order valence-electron chi connectivity index (χ1n) is 13.4. The first kappa shape index (κ1) is 25.1. The number of hydrogen-bond donors (Lipinski definition) is 1. The predicted molar refractivity (Wildman–Crippen MR) is 138 cm³/mol. The van der Waals surface area contributed by atoms with Gasteiger partial charge >= 0.3 is 0 Å². The molecule has 3 aliphatic rings. The van der Waals surface area contributed by atoms with Gasteiger partial charge in [-0.15, -0.1) is 0 Å². The number of morpholine rings is 1. The van der Waals surface area contributed by atoms with Crippen LogP contribution in [0.15, 0.2) is 30.3 Å². The molecule has 1 aromatic carbocycles. The van der Waals surface area contributed by atoms with Crippen LogP contribution in [-0.4, -0.2) is 70.4 Å². The molecule has 6 rings (SSSR count). The molecule has 3 aromatic rings. The minimum atomic E-state index is -2.76. The molecule has 2 saturated heterocycles. The highest BCUT2D eigenvalue weighted by Crippen LogP contribution is 2.35. The fourth-order valence-corrected chi connectivity index (χ4v) is 5.64. The lowest BCUT2D eigenvalue weighted by Gasteiger charge is -2.36. The molecule has 1 N–H and O–H groups in total. The summed E-state index contributed by atoms with van der Waals surface area (Å²) in [6.45, 7) is 3.10. The monoisotopic (exact) mass is 526 g/mol. The summed E-state index contributed by atoms with van der Waals surface area (Å²) in [6.07, 6.45) is 2.14. The Kier molecular flexibility index (Phi) is 7.20. The number of rotatable bonds is 9. The molecule has 3 fully saturated rings. The van der Waals surface area contributed by atoms with Crippen LogP contribution < -0.4 is 10.2 Å². The summed E-state index contributed by atoms with van der Waals surface area (Å²) in [6, 6.07) is 8.93. The summed E-state index contributed by atoms with van der Waals surface area (Å²) in [7, 11) is 0. The Bertz CT molecular complexity index is 1280. The van der Waals surface area contributed by atoms with Crippen molar-refractivity contribution in [3.8, 4) is 5.82 Å². The minimum Gasteiger partial charge on any atom is -0.378 e. The molecule has 9 nitrogen and oxygen atoms in total. The fraction of sp³-hybridized carbons (Fsp3) is 0.556. The van der Waals surface area contributed by atoms with Gasteiger partial charge in [0.1, 0.15) is 17.4 Å². The Morgan fingerprint density at radius 3 is 2.66 bits per heavy atom. The lowest BCUT2D eigenvalue weighted by molar-refractivity contribution is -0.122. The maximum Gasteiger partial charge on any atom is 0.296 e. The van der Waals surface area contributed by atoms with Crippen molar-refractivity contribution < 1.29 is 23.0 Å². The molecular formula is C27H32F2N6O3. The van der Waals surface area contributed by atoms with Crippen LogP contribution in [0, 0.1) is 5.92 Å². The molecule has 1 saturated carbocycles. The number of aromatic nitrogens is 4. The minimum absolute atomic E-state index is 0.0898. The van der Waals surface area contributed by atoms with E-state index < -0.39 is 6.43 Å². The van der Waals surface area contributed by atoms with E-state index in [1.165, 1.54) is 4.57 Å². The van der Waals surface area contributed by atoms with Gasteiger partial charge in [-0.05, 0) is 43.7 Å². The van der Waals surface area contributed by atoms with Crippen molar-refractivity contribution in [3.05, 3.63) is 36.2 Å². The quantitative estimate of drug-likeness (QED) is 0.441. The Morgan fingerprint density at radius 2 is 1.89 bits per heavy atom. The maximum atomic E-state index is 14.1. The summed E-state index contributed by atoms with van der Waals surface area (Å²) >= 11 is 0. The third-order valence-electron chi connectivity index (χ3n) is 7.59. The van der Waals surface area contributed by atoms with Crippen LogP contribution in [0.3, 0.4) is 0 Å². The highest BCUT2D eigenvalue weighted by atomic mass is 19.3. The van der Waals surface area contributed by atoms with E-state index in [0.717, 1.165) is 32.3 Å². The number of fused-ring (bicyclic) bond motifs is 1. The van der Waals surface area contributed by atoms with Crippen LogP contribution in [0.5, 0.6) is 0 Å². The van der Waals surface area contributed by atoms with E-state index in [-0.39, 0.29) is 23.8 Å². The lowest BCUT2D eigenvalue weighted by atomic mass is 9.77. The third-order valence-corrected chi connectivity index (χ3v) is 7.59. The number of alkyl halides is 2. The van der Waals surface area contributed by atoms with E-state index in [1.807, 2.05) is 4.90 Å². The molecule has 1 atom stereocenters. The fourth-order valence-electron chi connectivity index (χ4n) is 5.64. The van der Waals surface area contributed by atoms with Crippen molar-refractivity contribution in [2.75, 3.05) is 43.1 Å². The maximum absolute atomic E-state index is 14.1. The van der Waals surface area contributed by atoms with E-state index in [9.17, 15) is 13.6 Å². The zero-order valence-electron chi connectivity index (χ0n) is 21.2. The lowest BCUT2D eigenvalue weighted by Crippen LogP contribution is -2.39. The Hall–Kier alpha value is -3.18. The van der Waals surface area contributed by atoms with Crippen LogP contribution in [0.25, 0.3) is 16.9 Å². The van der Waals surface area contributed by atoms with E-state index >= 15 is 0 Å². The second-order valence-electron chi connectivity index (χ2n) is 10.4. The van der Waals surface area contributed by atoms with Crippen LogP contribution in [0.4, 0.5) is 20.5 Å². The van der Waals surface area contributed by atoms with E-state index in [1.54, 1.807) is 30.3 Å². The summed E-state index contributed by atoms with van der Waals surface area (Å²) in [4.78, 5) is 28.1. The largest absolute Gasteiger partial charge is 0.378 e. The Labute approximate surface area is 219 Å². The molecule has 2 aromatic heterocycles. The average Bonchev–Trinajstić information content (AvgIpc) is 3.55. The van der Waals surface area contributed by atoms with Crippen LogP contribution >= 0.6 is 0 Å². The van der Waals surface area contributed by atoms with Gasteiger partial charge < -0.3 is 19.7 Å². The summed E-state index contributed by atoms with van der Waals surface area (Å²) in [5.74, 6) is 1.64. The number of halogens is 2. The molecule has 0 spiro atoms. The number of ketones is 1. The SMILES string of the molecule is O=C(CC1CC(Nc2cc(-n3c(C(F)F)nc4ccccc43)nc(N3CCOCC3)n2)C1)CC1CCCO1. The summed E-state index contributed by atoms with van der Waals surface area (Å²) in [5.41, 5.74) is 1.05. The second-order valence-corrected chi connectivity index (χ2v) is 10.4. The van der Waals surface area contributed by atoms with Crippen molar-refractivity contribution in [2.45, 2.75) is 57.1 Å². The molecule has 4 heterocycles. The van der Waals surface area contributed by atoms with Gasteiger partial charge in [-0.2, -0.15) is 9.97 Å². The number of carbonyl (C=O) groups is 1. The number of Topliss-reactive ketones (excluding diaryl/α,β-unsaturated/α-hetero) is 1. The number of benzene rings is 1. The van der Waals surface area contributed by atoms with Gasteiger partial charge in [0, 0.05) is 44.6 Å². The van der Waals surface area contributed by atoms with Gasteiger partial charge in [-0.1, -0.05) is 12.1 Å². The van der Waals surface area contributed by atoms with Crippen LogP contribution in [0.2, 0.25) is 0 Å². The van der Waals surface area contributed by atoms with Gasteiger partial charge in [0.25, 0.3) is 6.43 Å². The second kappa shape index (κ2) is 10.9. The molecule has 1 unspecified atom stereocenters. The number of carbonyl (C=O) groups excluding carboxylic acids is 1. The highest BCUT2D eigenvalue weighted by molar-refractivity contribution is 5.79. The highest BCUT2D eigenvalue weighted by Gasteiger charge is 2.32. The van der Waals surface area contributed by atoms with Crippen molar-refractivity contribution in [2.24, 2.45) is 5.92 Å². The predicted octanol–water partition coefficient (Wildman–Crippen LogP) is 4.31. The van der Waals surface area contributed by atoms with E-state index in [2.05, 4.69) is 10.3 Å². The number of hydrogen-bond acceptors (Lipinski definition) is 8. The smallest absolute Gasteiger partial charge is 0.296 e. The Morgan fingerprint density at radius 1 is 1.08 bits per heavy atom. The molecule has 38 heavy (non-hydrogen) atoms. The number of nitrogens with one attached hydrogen (secondary N) is 1. The van der Waals surface area contributed by atoms with E-state index in [0.29, 0.717) is 73.7 Å². The number of para-hydroxylation sites is 2. The molecule has 202 valence electrons. The van der Waals surface area contributed by atoms with Crippen molar-refractivity contribution in [1.82, 2.24) is 19.5 Å². The molecule has 0 amide bonds. The summed E-state index contributed by atoms with van der Waals surface area (Å²) < 4.78 is 40.6. The van der Waals surface area contributed by atoms with Gasteiger partial charge in [0.2, 0.25) is 5.95 Å². The molecule has 11 heteroatoms. The first-order valence-corrected chi connectivity index (χ1v) is 13.4. The number of nitrogens with zero attached hydrogens (tertiary/aromatic N) is 5. The average molecular weight is 527 g/mol. The number of imidazole rings is 1. The number of ether oxygens (including phenoxy) is 2. The molecule has 0 radical (unpaired) electrons. The first-order chi connectivity index (χ1) is 18.5. The Balaban J connectivity index is 1.22. The van der Waals surface area contributed by atoms with Gasteiger partial charge in [-0.3, -0.25) is 9.36 Å².